The normalized spacial score (nSPS) is 14.1. The van der Waals surface area contributed by atoms with E-state index in [9.17, 15) is 4.79 Å². The quantitative estimate of drug-likeness (QED) is 0.763. The molecule has 0 bridgehead atoms. The van der Waals surface area contributed by atoms with E-state index in [-0.39, 0.29) is 12.3 Å². The molecule has 0 atom stereocenters. The molecule has 0 aliphatic carbocycles. The van der Waals surface area contributed by atoms with Gasteiger partial charge in [-0.3, -0.25) is 4.79 Å². The van der Waals surface area contributed by atoms with Crippen LogP contribution in [0.4, 0.5) is 11.4 Å². The molecule has 0 radical (unpaired) electrons. The number of carbonyl (C=O) groups excluding carboxylic acids is 1. The Balaban J connectivity index is 2.08. The van der Waals surface area contributed by atoms with Gasteiger partial charge in [-0.15, -0.1) is 5.10 Å². The fourth-order valence-corrected chi connectivity index (χ4v) is 2.08. The van der Waals surface area contributed by atoms with Crippen LogP contribution in [0.25, 0.3) is 0 Å². The molecule has 3 rings (SSSR count). The van der Waals surface area contributed by atoms with Gasteiger partial charge in [0.15, 0.2) is 0 Å². The number of nitrogens with zero attached hydrogens (tertiary/aromatic N) is 3. The fourth-order valence-electron chi connectivity index (χ4n) is 2.08. The molecule has 1 N–H and O–H groups in total. The van der Waals surface area contributed by atoms with Crippen LogP contribution in [0.3, 0.4) is 0 Å². The Labute approximate surface area is 117 Å². The highest BCUT2D eigenvalue weighted by atomic mass is 16.1. The predicted molar refractivity (Wildman–Crippen MR) is 80.8 cm³/mol. The lowest BCUT2D eigenvalue weighted by Gasteiger charge is -2.04. The summed E-state index contributed by atoms with van der Waals surface area (Å²) in [5, 5.41) is 11.0. The first-order valence-electron chi connectivity index (χ1n) is 6.40. The lowest BCUT2D eigenvalue weighted by molar-refractivity contribution is -0.115. The number of aliphatic imine (C=N–C) groups is 1. The number of aromatic nitrogens is 2. The number of hydrogen-bond donors (Lipinski definition) is 1. The van der Waals surface area contributed by atoms with Crippen molar-refractivity contribution in [3.05, 3.63) is 41.7 Å². The van der Waals surface area contributed by atoms with E-state index in [2.05, 4.69) is 20.5 Å². The number of amides is 1. The molecule has 0 saturated carbocycles. The van der Waals surface area contributed by atoms with Crippen molar-refractivity contribution < 1.29 is 4.79 Å². The van der Waals surface area contributed by atoms with Crippen molar-refractivity contribution in [2.45, 2.75) is 13.3 Å². The van der Waals surface area contributed by atoms with Gasteiger partial charge in [0.1, 0.15) is 13.5 Å². The number of anilines is 1. The third-order valence-corrected chi connectivity index (χ3v) is 3.10. The average molecular weight is 264 g/mol. The van der Waals surface area contributed by atoms with Crippen molar-refractivity contribution in [3.63, 3.8) is 0 Å². The van der Waals surface area contributed by atoms with E-state index in [0.717, 1.165) is 22.5 Å². The van der Waals surface area contributed by atoms with Crippen molar-refractivity contribution in [1.29, 1.82) is 0 Å². The first-order valence-corrected chi connectivity index (χ1v) is 6.40. The van der Waals surface area contributed by atoms with Gasteiger partial charge in [0.25, 0.3) is 0 Å². The van der Waals surface area contributed by atoms with Gasteiger partial charge in [0.2, 0.25) is 5.91 Å². The van der Waals surface area contributed by atoms with Crippen LogP contribution in [0.2, 0.25) is 0 Å². The van der Waals surface area contributed by atoms with Crippen LogP contribution < -0.4 is 10.8 Å². The Kier molecular flexibility index (Phi) is 3.06. The molecule has 1 aromatic carbocycles. The Morgan fingerprint density at radius 3 is 2.80 bits per heavy atom. The smallest absolute Gasteiger partial charge is 0.230 e. The van der Waals surface area contributed by atoms with Gasteiger partial charge in [0, 0.05) is 0 Å². The van der Waals surface area contributed by atoms with E-state index in [4.69, 9.17) is 0 Å². The van der Waals surface area contributed by atoms with Gasteiger partial charge >= 0.3 is 0 Å². The van der Waals surface area contributed by atoms with Crippen LogP contribution in [-0.2, 0) is 4.79 Å². The van der Waals surface area contributed by atoms with Gasteiger partial charge in [-0.2, -0.15) is 5.10 Å². The topological polar surface area (TPSA) is 67.2 Å². The van der Waals surface area contributed by atoms with E-state index in [0.29, 0.717) is 11.4 Å². The maximum absolute atomic E-state index is 12.0. The van der Waals surface area contributed by atoms with Crippen molar-refractivity contribution in [2.24, 2.45) is 4.99 Å². The summed E-state index contributed by atoms with van der Waals surface area (Å²) in [7, 11) is 1.98. The maximum Gasteiger partial charge on any atom is 0.230 e. The van der Waals surface area contributed by atoms with Gasteiger partial charge in [0.05, 0.1) is 29.2 Å². The number of rotatable bonds is 1. The van der Waals surface area contributed by atoms with Crippen molar-refractivity contribution in [1.82, 2.24) is 10.2 Å². The molecule has 0 saturated heterocycles. The lowest BCUT2D eigenvalue weighted by Crippen LogP contribution is -2.16. The molecule has 0 unspecified atom stereocenters. The van der Waals surface area contributed by atoms with Crippen molar-refractivity contribution in [2.75, 3.05) is 5.32 Å². The highest BCUT2D eigenvalue weighted by molar-refractivity contribution is 6.33. The molecular weight excluding hydrogens is 251 g/mol. The molecule has 1 aliphatic heterocycles. The minimum atomic E-state index is -0.0875. The molecule has 20 heavy (non-hydrogen) atoms. The summed E-state index contributed by atoms with van der Waals surface area (Å²) < 4.78 is 0. The van der Waals surface area contributed by atoms with Crippen LogP contribution >= 0.6 is 0 Å². The second kappa shape index (κ2) is 4.88. The molecule has 98 valence electrons. The third-order valence-electron chi connectivity index (χ3n) is 3.10. The number of fused-ring (bicyclic) bond motifs is 1. The van der Waals surface area contributed by atoms with Crippen LogP contribution in [0.15, 0.2) is 35.3 Å². The zero-order valence-electron chi connectivity index (χ0n) is 11.3. The van der Waals surface area contributed by atoms with Crippen LogP contribution in [0.1, 0.15) is 17.8 Å². The first kappa shape index (κ1) is 12.5. The molecule has 6 heteroatoms. The molecule has 2 heterocycles. The molecule has 0 fully saturated rings. The van der Waals surface area contributed by atoms with Crippen molar-refractivity contribution >= 4 is 36.3 Å². The standard InChI is InChI=1S/C14H13BN4O/c1-8-2-4-11(19-18-8)13-7-14(20)17-12-6-9(15)3-5-10(12)16-13/h2-6H,7,15H2,1H3,(H,17,20). The molecule has 1 aromatic heterocycles. The Morgan fingerprint density at radius 2 is 2.05 bits per heavy atom. The van der Waals surface area contributed by atoms with Gasteiger partial charge in [-0.1, -0.05) is 11.5 Å². The highest BCUT2D eigenvalue weighted by Crippen LogP contribution is 2.27. The summed E-state index contributed by atoms with van der Waals surface area (Å²) >= 11 is 0. The monoisotopic (exact) mass is 264 g/mol. The summed E-state index contributed by atoms with van der Waals surface area (Å²) in [6.07, 6.45) is 0.200. The molecule has 1 aliphatic rings. The van der Waals surface area contributed by atoms with E-state index in [1.807, 2.05) is 45.1 Å². The molecule has 5 nitrogen and oxygen atoms in total. The van der Waals surface area contributed by atoms with Crippen LogP contribution in [0.5, 0.6) is 0 Å². The van der Waals surface area contributed by atoms with Crippen LogP contribution in [-0.4, -0.2) is 29.7 Å². The molecule has 2 aromatic rings. The zero-order valence-corrected chi connectivity index (χ0v) is 11.3. The van der Waals surface area contributed by atoms with Crippen LogP contribution in [0, 0.1) is 6.92 Å². The molecule has 0 spiro atoms. The number of hydrogen-bond acceptors (Lipinski definition) is 4. The number of benzene rings is 1. The summed E-state index contributed by atoms with van der Waals surface area (Å²) in [6, 6.07) is 9.49. The van der Waals surface area contributed by atoms with E-state index in [1.54, 1.807) is 0 Å². The minimum Gasteiger partial charge on any atom is -0.324 e. The second-order valence-corrected chi connectivity index (χ2v) is 4.86. The Bertz CT molecular complexity index is 710. The summed E-state index contributed by atoms with van der Waals surface area (Å²) in [6.45, 7) is 1.87. The average Bonchev–Trinajstić information content (AvgIpc) is 2.57. The summed E-state index contributed by atoms with van der Waals surface area (Å²) in [5.74, 6) is -0.0875. The largest absolute Gasteiger partial charge is 0.324 e. The summed E-state index contributed by atoms with van der Waals surface area (Å²) in [4.78, 5) is 16.5. The number of aryl methyl sites for hydroxylation is 1. The van der Waals surface area contributed by atoms with E-state index in [1.165, 1.54) is 0 Å². The van der Waals surface area contributed by atoms with Gasteiger partial charge in [-0.25, -0.2) is 4.99 Å². The minimum absolute atomic E-state index is 0.0875. The molecular formula is C14H13BN4O. The van der Waals surface area contributed by atoms with E-state index < -0.39 is 0 Å². The number of carbonyl (C=O) groups is 1. The zero-order chi connectivity index (χ0) is 14.1. The van der Waals surface area contributed by atoms with Gasteiger partial charge < -0.3 is 5.32 Å². The Morgan fingerprint density at radius 1 is 1.20 bits per heavy atom. The fraction of sp³-hybridized carbons (Fsp3) is 0.143. The second-order valence-electron chi connectivity index (χ2n) is 4.86. The maximum atomic E-state index is 12.0. The number of nitrogens with one attached hydrogen (secondary N) is 1. The highest BCUT2D eigenvalue weighted by Gasteiger charge is 2.18. The van der Waals surface area contributed by atoms with Gasteiger partial charge in [-0.05, 0) is 31.2 Å². The first-order chi connectivity index (χ1) is 9.61. The third kappa shape index (κ3) is 2.45. The molecule has 1 amide bonds. The summed E-state index contributed by atoms with van der Waals surface area (Å²) in [5.41, 5.74) is 4.68. The lowest BCUT2D eigenvalue weighted by atomic mass is 9.95. The predicted octanol–water partition coefficient (Wildman–Crippen LogP) is 0.506. The van der Waals surface area contributed by atoms with E-state index >= 15 is 0 Å². The Hall–Kier alpha value is -2.50. The SMILES string of the molecule is Bc1ccc2c(c1)NC(=O)CC(c1ccc(C)nn1)=N2. The van der Waals surface area contributed by atoms with Crippen molar-refractivity contribution in [3.8, 4) is 0 Å².